The van der Waals surface area contributed by atoms with Crippen LogP contribution in [0.2, 0.25) is 0 Å². The number of aromatic nitrogens is 2. The van der Waals surface area contributed by atoms with Crippen molar-refractivity contribution in [1.29, 1.82) is 0 Å². The molecule has 1 unspecified atom stereocenters. The van der Waals surface area contributed by atoms with Crippen LogP contribution in [0.25, 0.3) is 11.0 Å². The summed E-state index contributed by atoms with van der Waals surface area (Å²) in [7, 11) is 1.57. The number of rotatable bonds is 4. The molecule has 1 aromatic heterocycles. The van der Waals surface area contributed by atoms with Gasteiger partial charge in [-0.3, -0.25) is 9.36 Å². The van der Waals surface area contributed by atoms with Crippen molar-refractivity contribution in [2.75, 3.05) is 12.8 Å². The third kappa shape index (κ3) is 2.09. The molecule has 1 heterocycles. The largest absolute Gasteiger partial charge is 0.494 e. The number of carbonyl (C=O) groups is 1. The molecule has 4 N–H and O–H groups in total. The van der Waals surface area contributed by atoms with Gasteiger partial charge < -0.3 is 16.2 Å². The summed E-state index contributed by atoms with van der Waals surface area (Å²) in [6.07, 6.45) is 0. The second-order valence-electron chi connectivity index (χ2n) is 4.76. The Kier molecular flexibility index (Phi) is 3.33. The van der Waals surface area contributed by atoms with Crippen molar-refractivity contribution in [3.05, 3.63) is 18.2 Å². The van der Waals surface area contributed by atoms with Crippen molar-refractivity contribution in [3.8, 4) is 5.75 Å². The fourth-order valence-corrected chi connectivity index (χ4v) is 2.32. The first-order valence-electron chi connectivity index (χ1n) is 6.07. The molecule has 1 atom stereocenters. The number of anilines is 1. The van der Waals surface area contributed by atoms with E-state index in [2.05, 4.69) is 4.98 Å². The maximum Gasteiger partial charge on any atom is 0.240 e. The highest BCUT2D eigenvalue weighted by Gasteiger charge is 2.26. The number of carbonyl (C=O) groups excluding carboxylic acids is 1. The molecule has 0 aliphatic heterocycles. The molecule has 0 fully saturated rings. The molecule has 19 heavy (non-hydrogen) atoms. The van der Waals surface area contributed by atoms with E-state index in [0.29, 0.717) is 11.3 Å². The SMILES string of the molecule is COc1cccc2c1nc(N)n2C(C(N)=O)C(C)C. The number of para-hydroxylation sites is 1. The lowest BCUT2D eigenvalue weighted by Gasteiger charge is -2.20. The van der Waals surface area contributed by atoms with Crippen LogP contribution in [0.15, 0.2) is 18.2 Å². The van der Waals surface area contributed by atoms with Gasteiger partial charge in [-0.2, -0.15) is 0 Å². The van der Waals surface area contributed by atoms with E-state index < -0.39 is 11.9 Å². The van der Waals surface area contributed by atoms with Gasteiger partial charge >= 0.3 is 0 Å². The molecule has 6 nitrogen and oxygen atoms in total. The Balaban J connectivity index is 2.73. The molecule has 0 saturated carbocycles. The number of imidazole rings is 1. The summed E-state index contributed by atoms with van der Waals surface area (Å²) in [6, 6.07) is 4.95. The first-order valence-corrected chi connectivity index (χ1v) is 6.07. The number of ether oxygens (including phenoxy) is 1. The number of nitrogen functional groups attached to an aromatic ring is 1. The Morgan fingerprint density at radius 3 is 2.63 bits per heavy atom. The second kappa shape index (κ2) is 4.79. The molecule has 102 valence electrons. The molecule has 6 heteroatoms. The molecule has 0 radical (unpaired) electrons. The fraction of sp³-hybridized carbons (Fsp3) is 0.385. The average Bonchev–Trinajstić information content (AvgIpc) is 2.66. The monoisotopic (exact) mass is 262 g/mol. The zero-order valence-corrected chi connectivity index (χ0v) is 11.3. The molecule has 2 rings (SSSR count). The Bertz CT molecular complexity index is 618. The van der Waals surface area contributed by atoms with Crippen LogP contribution in [0.3, 0.4) is 0 Å². The zero-order chi connectivity index (χ0) is 14.2. The fourth-order valence-electron chi connectivity index (χ4n) is 2.32. The highest BCUT2D eigenvalue weighted by Crippen LogP contribution is 2.31. The summed E-state index contributed by atoms with van der Waals surface area (Å²) in [6.45, 7) is 3.84. The molecule has 0 spiro atoms. The van der Waals surface area contributed by atoms with E-state index in [1.807, 2.05) is 26.0 Å². The first kappa shape index (κ1) is 13.2. The van der Waals surface area contributed by atoms with Crippen LogP contribution in [0.1, 0.15) is 19.9 Å². The normalized spacial score (nSPS) is 12.8. The Hall–Kier alpha value is -2.24. The van der Waals surface area contributed by atoms with Crippen LogP contribution >= 0.6 is 0 Å². The number of hydrogen-bond donors (Lipinski definition) is 2. The topological polar surface area (TPSA) is 96.2 Å². The molecule has 1 amide bonds. The van der Waals surface area contributed by atoms with Gasteiger partial charge in [-0.15, -0.1) is 0 Å². The lowest BCUT2D eigenvalue weighted by Crippen LogP contribution is -2.31. The van der Waals surface area contributed by atoms with Crippen LogP contribution in [0.5, 0.6) is 5.75 Å². The predicted molar refractivity (Wildman–Crippen MR) is 73.8 cm³/mol. The summed E-state index contributed by atoms with van der Waals surface area (Å²) < 4.78 is 6.92. The second-order valence-corrected chi connectivity index (χ2v) is 4.76. The van der Waals surface area contributed by atoms with E-state index in [1.165, 1.54) is 0 Å². The lowest BCUT2D eigenvalue weighted by molar-refractivity contribution is -0.122. The van der Waals surface area contributed by atoms with E-state index in [1.54, 1.807) is 17.7 Å². The lowest BCUT2D eigenvalue weighted by atomic mass is 10.0. The molecule has 1 aromatic carbocycles. The zero-order valence-electron chi connectivity index (χ0n) is 11.3. The van der Waals surface area contributed by atoms with Crippen molar-refractivity contribution in [2.45, 2.75) is 19.9 Å². The number of nitrogens with zero attached hydrogens (tertiary/aromatic N) is 2. The number of hydrogen-bond acceptors (Lipinski definition) is 4. The molecule has 0 aliphatic rings. The minimum absolute atomic E-state index is 0.0170. The van der Waals surface area contributed by atoms with Gasteiger partial charge in [-0.05, 0) is 18.1 Å². The Labute approximate surface area is 111 Å². The Morgan fingerprint density at radius 1 is 1.42 bits per heavy atom. The number of primary amides is 1. The summed E-state index contributed by atoms with van der Waals surface area (Å²) in [5.41, 5.74) is 12.8. The van der Waals surface area contributed by atoms with E-state index in [4.69, 9.17) is 16.2 Å². The van der Waals surface area contributed by atoms with Crippen molar-refractivity contribution < 1.29 is 9.53 Å². The average molecular weight is 262 g/mol. The van der Waals surface area contributed by atoms with Crippen LogP contribution in [-0.2, 0) is 4.79 Å². The smallest absolute Gasteiger partial charge is 0.240 e. The van der Waals surface area contributed by atoms with Gasteiger partial charge in [-0.1, -0.05) is 19.9 Å². The van der Waals surface area contributed by atoms with Crippen molar-refractivity contribution >= 4 is 22.9 Å². The molecular weight excluding hydrogens is 244 g/mol. The number of nitrogens with two attached hydrogens (primary N) is 2. The van der Waals surface area contributed by atoms with Gasteiger partial charge in [0.25, 0.3) is 0 Å². The van der Waals surface area contributed by atoms with Crippen LogP contribution in [-0.4, -0.2) is 22.6 Å². The third-order valence-electron chi connectivity index (χ3n) is 3.13. The number of methoxy groups -OCH3 is 1. The quantitative estimate of drug-likeness (QED) is 0.868. The van der Waals surface area contributed by atoms with Crippen molar-refractivity contribution in [2.24, 2.45) is 11.7 Å². The van der Waals surface area contributed by atoms with E-state index in [-0.39, 0.29) is 11.9 Å². The third-order valence-corrected chi connectivity index (χ3v) is 3.13. The first-order chi connectivity index (χ1) is 8.97. The summed E-state index contributed by atoms with van der Waals surface area (Å²) >= 11 is 0. The van der Waals surface area contributed by atoms with Crippen LogP contribution in [0, 0.1) is 5.92 Å². The van der Waals surface area contributed by atoms with Crippen LogP contribution in [0.4, 0.5) is 5.95 Å². The summed E-state index contributed by atoms with van der Waals surface area (Å²) in [5.74, 6) is 0.471. The molecule has 0 aliphatic carbocycles. The standard InChI is InChI=1S/C13H18N4O2/c1-7(2)11(12(14)18)17-8-5-4-6-9(19-3)10(8)16-13(17)15/h4-7,11H,1-3H3,(H2,14,18)(H2,15,16). The van der Waals surface area contributed by atoms with Gasteiger partial charge in [0.1, 0.15) is 17.3 Å². The Morgan fingerprint density at radius 2 is 2.11 bits per heavy atom. The van der Waals surface area contributed by atoms with E-state index in [0.717, 1.165) is 5.52 Å². The van der Waals surface area contributed by atoms with Gasteiger partial charge in [-0.25, -0.2) is 4.98 Å². The maximum atomic E-state index is 11.7. The van der Waals surface area contributed by atoms with Gasteiger partial charge in [0, 0.05) is 0 Å². The van der Waals surface area contributed by atoms with E-state index in [9.17, 15) is 4.79 Å². The number of benzene rings is 1. The highest BCUT2D eigenvalue weighted by molar-refractivity contribution is 5.88. The molecule has 0 bridgehead atoms. The molecule has 2 aromatic rings. The van der Waals surface area contributed by atoms with Crippen molar-refractivity contribution in [3.63, 3.8) is 0 Å². The van der Waals surface area contributed by atoms with Crippen LogP contribution < -0.4 is 16.2 Å². The van der Waals surface area contributed by atoms with E-state index >= 15 is 0 Å². The minimum atomic E-state index is -0.530. The van der Waals surface area contributed by atoms with Gasteiger partial charge in [0.15, 0.2) is 0 Å². The summed E-state index contributed by atoms with van der Waals surface area (Å²) in [5, 5.41) is 0. The summed E-state index contributed by atoms with van der Waals surface area (Å²) in [4.78, 5) is 16.0. The van der Waals surface area contributed by atoms with Gasteiger partial charge in [0.2, 0.25) is 11.9 Å². The minimum Gasteiger partial charge on any atom is -0.494 e. The maximum absolute atomic E-state index is 11.7. The number of fused-ring (bicyclic) bond motifs is 1. The molecular formula is C13H18N4O2. The van der Waals surface area contributed by atoms with Gasteiger partial charge in [0.05, 0.1) is 12.6 Å². The predicted octanol–water partition coefficient (Wildman–Crippen LogP) is 1.31. The highest BCUT2D eigenvalue weighted by atomic mass is 16.5. The van der Waals surface area contributed by atoms with Crippen molar-refractivity contribution in [1.82, 2.24) is 9.55 Å². The number of amides is 1. The molecule has 0 saturated heterocycles.